The van der Waals surface area contributed by atoms with Gasteiger partial charge in [0.15, 0.2) is 5.83 Å². The number of carbonyl (C=O) groups excluding carboxylic acids is 2. The third-order valence-corrected chi connectivity index (χ3v) is 6.19. The minimum atomic E-state index is -0.937. The van der Waals surface area contributed by atoms with Crippen molar-refractivity contribution in [2.24, 2.45) is 0 Å². The summed E-state index contributed by atoms with van der Waals surface area (Å²) in [6, 6.07) is 10.4. The highest BCUT2D eigenvalue weighted by atomic mass is 32.2. The highest BCUT2D eigenvalue weighted by Crippen LogP contribution is 2.40. The topological polar surface area (TPSA) is 52.6 Å². The second-order valence-electron chi connectivity index (χ2n) is 7.70. The first-order chi connectivity index (χ1) is 14.8. The number of Topliss-reactive ketones (excluding diaryl/α,β-unsaturated/α-hetero) is 1. The van der Waals surface area contributed by atoms with Gasteiger partial charge in [0.25, 0.3) is 0 Å². The molecule has 4 nitrogen and oxygen atoms in total. The third-order valence-electron chi connectivity index (χ3n) is 5.45. The minimum absolute atomic E-state index is 0.305. The molecule has 1 aliphatic rings. The summed E-state index contributed by atoms with van der Waals surface area (Å²) in [5.41, 5.74) is 1.47. The van der Waals surface area contributed by atoms with E-state index in [2.05, 4.69) is 0 Å². The normalized spacial score (nSPS) is 15.2. The van der Waals surface area contributed by atoms with Crippen LogP contribution in [0.3, 0.4) is 0 Å². The summed E-state index contributed by atoms with van der Waals surface area (Å²) in [6.45, 7) is 5.77. The number of thioether (sulfide) groups is 1. The number of rotatable bonds is 8. The number of ether oxygens (including phenoxy) is 2. The molecule has 2 aromatic rings. The molecule has 2 aromatic carbocycles. The highest BCUT2D eigenvalue weighted by molar-refractivity contribution is 7.98. The third kappa shape index (κ3) is 5.01. The zero-order chi connectivity index (χ0) is 22.6. The number of halogens is 1. The Kier molecular flexibility index (Phi) is 7.21. The first kappa shape index (κ1) is 23.1. The number of hydrogen-bond acceptors (Lipinski definition) is 5. The van der Waals surface area contributed by atoms with Crippen LogP contribution in [0.2, 0.25) is 0 Å². The van der Waals surface area contributed by atoms with Gasteiger partial charge in [-0.1, -0.05) is 0 Å². The summed E-state index contributed by atoms with van der Waals surface area (Å²) in [5.74, 6) is -1.22. The van der Waals surface area contributed by atoms with E-state index in [1.165, 1.54) is 6.08 Å². The van der Waals surface area contributed by atoms with E-state index >= 15 is 0 Å². The van der Waals surface area contributed by atoms with Crippen molar-refractivity contribution < 1.29 is 23.5 Å². The van der Waals surface area contributed by atoms with Gasteiger partial charge in [-0.2, -0.15) is 0 Å². The largest absolute Gasteiger partial charge is 0.475 e. The summed E-state index contributed by atoms with van der Waals surface area (Å²) in [5, 5.41) is 0. The zero-order valence-electron chi connectivity index (χ0n) is 18.3. The molecule has 1 aliphatic carbocycles. The van der Waals surface area contributed by atoms with Crippen LogP contribution in [0, 0.1) is 13.8 Å². The van der Waals surface area contributed by atoms with Crippen LogP contribution in [0.15, 0.2) is 47.1 Å². The Balaban J connectivity index is 1.82. The maximum atomic E-state index is 14.7. The monoisotopic (exact) mass is 442 g/mol. The van der Waals surface area contributed by atoms with Crippen LogP contribution >= 0.6 is 11.8 Å². The fourth-order valence-corrected chi connectivity index (χ4v) is 4.03. The fourth-order valence-electron chi connectivity index (χ4n) is 3.62. The van der Waals surface area contributed by atoms with Crippen molar-refractivity contribution in [2.45, 2.75) is 50.5 Å². The van der Waals surface area contributed by atoms with Gasteiger partial charge in [-0.05, 0) is 105 Å². The maximum absolute atomic E-state index is 14.7. The Hall–Kier alpha value is -2.60. The molecule has 6 heteroatoms. The Morgan fingerprint density at radius 3 is 2.23 bits per heavy atom. The molecule has 0 unspecified atom stereocenters. The quantitative estimate of drug-likeness (QED) is 0.215. The highest BCUT2D eigenvalue weighted by Gasteiger charge is 2.48. The molecule has 0 heterocycles. The van der Waals surface area contributed by atoms with Gasteiger partial charge in [0.05, 0.1) is 6.61 Å². The molecule has 1 fully saturated rings. The number of esters is 1. The van der Waals surface area contributed by atoms with Gasteiger partial charge in [-0.25, -0.2) is 9.18 Å². The van der Waals surface area contributed by atoms with Crippen LogP contribution < -0.4 is 4.74 Å². The second-order valence-corrected chi connectivity index (χ2v) is 8.58. The number of carbonyl (C=O) groups is 2. The molecule has 0 bridgehead atoms. The van der Waals surface area contributed by atoms with Crippen LogP contribution in [0.4, 0.5) is 4.39 Å². The number of benzene rings is 2. The molecule has 1 saturated carbocycles. The molecule has 164 valence electrons. The van der Waals surface area contributed by atoms with E-state index in [0.29, 0.717) is 36.3 Å². The van der Waals surface area contributed by atoms with E-state index in [1.54, 1.807) is 55.1 Å². The summed E-state index contributed by atoms with van der Waals surface area (Å²) < 4.78 is 26.0. The fraction of sp³-hybridized carbons (Fsp3) is 0.360. The van der Waals surface area contributed by atoms with E-state index in [-0.39, 0.29) is 5.97 Å². The van der Waals surface area contributed by atoms with E-state index < -0.39 is 17.2 Å². The van der Waals surface area contributed by atoms with Crippen molar-refractivity contribution in [1.29, 1.82) is 0 Å². The zero-order valence-corrected chi connectivity index (χ0v) is 19.1. The molecular formula is C25H27FO4S. The van der Waals surface area contributed by atoms with Crippen LogP contribution in [0.5, 0.6) is 5.75 Å². The SMILES string of the molecule is CCOC(=O)C1(Oc2c(C)cc(/C=C(\F)C(=O)c3ccc(SC)cc3)cc2C)CCC1. The van der Waals surface area contributed by atoms with Crippen molar-refractivity contribution in [3.05, 3.63) is 64.5 Å². The van der Waals surface area contributed by atoms with Gasteiger partial charge >= 0.3 is 5.97 Å². The van der Waals surface area contributed by atoms with Gasteiger partial charge in [-0.3, -0.25) is 4.79 Å². The predicted molar refractivity (Wildman–Crippen MR) is 121 cm³/mol. The molecule has 0 saturated heterocycles. The maximum Gasteiger partial charge on any atom is 0.350 e. The molecule has 0 spiro atoms. The van der Waals surface area contributed by atoms with Gasteiger partial charge in [-0.15, -0.1) is 11.8 Å². The number of ketones is 1. The van der Waals surface area contributed by atoms with Gasteiger partial charge in [0, 0.05) is 10.5 Å². The average molecular weight is 443 g/mol. The Labute approximate surface area is 186 Å². The molecule has 0 aromatic heterocycles. The lowest BCUT2D eigenvalue weighted by Crippen LogP contribution is -2.51. The van der Waals surface area contributed by atoms with Gasteiger partial charge in [0.1, 0.15) is 5.75 Å². The van der Waals surface area contributed by atoms with E-state index in [1.807, 2.05) is 20.1 Å². The van der Waals surface area contributed by atoms with Gasteiger partial charge in [0.2, 0.25) is 11.4 Å². The number of hydrogen-bond donors (Lipinski definition) is 0. The van der Waals surface area contributed by atoms with Crippen molar-refractivity contribution in [3.63, 3.8) is 0 Å². The Morgan fingerprint density at radius 2 is 1.74 bits per heavy atom. The van der Waals surface area contributed by atoms with Crippen LogP contribution in [-0.2, 0) is 9.53 Å². The standard InChI is InChI=1S/C25H27FO4S/c1-5-29-24(28)25(11-6-12-25)30-23-16(2)13-18(14-17(23)3)15-21(26)22(27)19-7-9-20(31-4)10-8-19/h7-10,13-15H,5-6,11-12H2,1-4H3/b21-15-. The molecule has 0 atom stereocenters. The van der Waals surface area contributed by atoms with E-state index in [0.717, 1.165) is 22.4 Å². The molecule has 0 amide bonds. The lowest BCUT2D eigenvalue weighted by atomic mass is 9.80. The molecule has 0 aliphatic heterocycles. The average Bonchev–Trinajstić information content (AvgIpc) is 2.71. The second kappa shape index (κ2) is 9.69. The van der Waals surface area contributed by atoms with Crippen LogP contribution in [0.1, 0.15) is 53.2 Å². The van der Waals surface area contributed by atoms with Crippen molar-refractivity contribution >= 4 is 29.6 Å². The van der Waals surface area contributed by atoms with Crippen molar-refractivity contribution in [2.75, 3.05) is 12.9 Å². The van der Waals surface area contributed by atoms with Crippen LogP contribution in [-0.4, -0.2) is 30.2 Å². The van der Waals surface area contributed by atoms with Crippen molar-refractivity contribution in [3.8, 4) is 5.75 Å². The summed E-state index contributed by atoms with van der Waals surface area (Å²) in [4.78, 5) is 25.8. The molecule has 0 radical (unpaired) electrons. The summed E-state index contributed by atoms with van der Waals surface area (Å²) in [6.07, 6.45) is 5.31. The summed E-state index contributed by atoms with van der Waals surface area (Å²) >= 11 is 1.56. The number of allylic oxidation sites excluding steroid dienone is 1. The first-order valence-corrected chi connectivity index (χ1v) is 11.6. The predicted octanol–water partition coefficient (Wildman–Crippen LogP) is 6.08. The van der Waals surface area contributed by atoms with Gasteiger partial charge < -0.3 is 9.47 Å². The molecule has 31 heavy (non-hydrogen) atoms. The summed E-state index contributed by atoms with van der Waals surface area (Å²) in [7, 11) is 0. The first-order valence-electron chi connectivity index (χ1n) is 10.3. The lowest BCUT2D eigenvalue weighted by Gasteiger charge is -2.39. The molecule has 3 rings (SSSR count). The molecule has 0 N–H and O–H groups in total. The van der Waals surface area contributed by atoms with Crippen LogP contribution in [0.25, 0.3) is 6.08 Å². The number of aryl methyl sites for hydroxylation is 2. The Morgan fingerprint density at radius 1 is 1.13 bits per heavy atom. The van der Waals surface area contributed by atoms with E-state index in [9.17, 15) is 14.0 Å². The van der Waals surface area contributed by atoms with Crippen molar-refractivity contribution in [1.82, 2.24) is 0 Å². The smallest absolute Gasteiger partial charge is 0.350 e. The minimum Gasteiger partial charge on any atom is -0.475 e. The molecular weight excluding hydrogens is 415 g/mol. The Bertz CT molecular complexity index is 984. The lowest BCUT2D eigenvalue weighted by molar-refractivity contribution is -0.169. The van der Waals surface area contributed by atoms with E-state index in [4.69, 9.17) is 9.47 Å².